The third-order valence-corrected chi connectivity index (χ3v) is 7.43. The standard InChI is InChI=1S/C25H40O5/c1-16-19(14-20(26)15-23(16)27)8-7-18-6-5-11-25(29)21(9-10-22(18)25)17(2)30-13-12-24(3,4)28/h7-8,17,20-23,26-29H,1,5-6,9-15H2,2-4H3/b18-7+,19-8-/t17-,20+,21+,22?,23-,25-/m0/s1. The lowest BCUT2D eigenvalue weighted by Gasteiger charge is -2.42. The van der Waals surface area contributed by atoms with Gasteiger partial charge in [-0.3, -0.25) is 0 Å². The van der Waals surface area contributed by atoms with E-state index in [2.05, 4.69) is 12.7 Å². The van der Waals surface area contributed by atoms with Gasteiger partial charge in [0.2, 0.25) is 0 Å². The Morgan fingerprint density at radius 2 is 2.00 bits per heavy atom. The van der Waals surface area contributed by atoms with Gasteiger partial charge >= 0.3 is 0 Å². The first kappa shape index (κ1) is 23.7. The van der Waals surface area contributed by atoms with Gasteiger partial charge in [-0.1, -0.05) is 24.3 Å². The van der Waals surface area contributed by atoms with Crippen LogP contribution >= 0.6 is 0 Å². The lowest BCUT2D eigenvalue weighted by atomic mass is 9.70. The van der Waals surface area contributed by atoms with Gasteiger partial charge in [-0.05, 0) is 76.9 Å². The van der Waals surface area contributed by atoms with E-state index in [1.807, 2.05) is 13.0 Å². The molecule has 3 saturated carbocycles. The Labute approximate surface area is 181 Å². The molecule has 5 heteroatoms. The predicted molar refractivity (Wildman–Crippen MR) is 118 cm³/mol. The fraction of sp³-hybridized carbons (Fsp3) is 0.760. The highest BCUT2D eigenvalue weighted by atomic mass is 16.5. The van der Waals surface area contributed by atoms with E-state index in [9.17, 15) is 20.4 Å². The van der Waals surface area contributed by atoms with Gasteiger partial charge in [0.05, 0.1) is 29.5 Å². The number of aliphatic hydroxyl groups is 4. The van der Waals surface area contributed by atoms with E-state index < -0.39 is 23.4 Å². The van der Waals surface area contributed by atoms with Crippen molar-refractivity contribution >= 4 is 0 Å². The molecule has 0 aromatic heterocycles. The van der Waals surface area contributed by atoms with E-state index in [-0.39, 0.29) is 17.9 Å². The topological polar surface area (TPSA) is 90.2 Å². The van der Waals surface area contributed by atoms with Gasteiger partial charge in [0, 0.05) is 24.9 Å². The second-order valence-corrected chi connectivity index (χ2v) is 10.3. The maximum atomic E-state index is 11.7. The van der Waals surface area contributed by atoms with Crippen LogP contribution in [0.4, 0.5) is 0 Å². The van der Waals surface area contributed by atoms with Crippen LogP contribution in [0.25, 0.3) is 0 Å². The van der Waals surface area contributed by atoms with Gasteiger partial charge in [0.1, 0.15) is 0 Å². The van der Waals surface area contributed by atoms with Gasteiger partial charge in [-0.25, -0.2) is 0 Å². The summed E-state index contributed by atoms with van der Waals surface area (Å²) < 4.78 is 6.03. The molecular formula is C25H40O5. The quantitative estimate of drug-likeness (QED) is 0.529. The number of rotatable bonds is 6. The average Bonchev–Trinajstić information content (AvgIpc) is 3.00. The second-order valence-electron chi connectivity index (χ2n) is 10.3. The molecule has 3 aliphatic rings. The largest absolute Gasteiger partial charge is 0.393 e. The molecular weight excluding hydrogens is 380 g/mol. The molecule has 0 aromatic carbocycles. The number of hydrogen-bond donors (Lipinski definition) is 4. The SMILES string of the molecule is C=C1/C(=C\C=C2/CCC[C@@]3(O)C2CC[C@@H]3[C@H](C)OCCC(C)(C)O)C[C@@H](O)C[C@@H]1O. The average molecular weight is 421 g/mol. The Balaban J connectivity index is 1.70. The van der Waals surface area contributed by atoms with Crippen LogP contribution in [0.3, 0.4) is 0 Å². The van der Waals surface area contributed by atoms with Crippen molar-refractivity contribution in [3.8, 4) is 0 Å². The fourth-order valence-corrected chi connectivity index (χ4v) is 5.64. The Morgan fingerprint density at radius 1 is 1.27 bits per heavy atom. The van der Waals surface area contributed by atoms with Gasteiger partial charge in [-0.15, -0.1) is 0 Å². The molecule has 0 radical (unpaired) electrons. The molecule has 0 bridgehead atoms. The molecule has 0 aliphatic heterocycles. The zero-order valence-electron chi connectivity index (χ0n) is 18.8. The van der Waals surface area contributed by atoms with Gasteiger partial charge < -0.3 is 25.2 Å². The first-order valence-corrected chi connectivity index (χ1v) is 11.5. The van der Waals surface area contributed by atoms with Crippen molar-refractivity contribution in [2.24, 2.45) is 11.8 Å². The van der Waals surface area contributed by atoms with Crippen molar-refractivity contribution in [2.75, 3.05) is 6.61 Å². The molecule has 170 valence electrons. The maximum absolute atomic E-state index is 11.7. The lowest BCUT2D eigenvalue weighted by molar-refractivity contribution is -0.103. The van der Waals surface area contributed by atoms with E-state index in [1.165, 1.54) is 5.57 Å². The van der Waals surface area contributed by atoms with Crippen molar-refractivity contribution in [2.45, 2.75) is 102 Å². The molecule has 5 nitrogen and oxygen atoms in total. The highest BCUT2D eigenvalue weighted by Crippen LogP contribution is 2.53. The monoisotopic (exact) mass is 420 g/mol. The first-order valence-electron chi connectivity index (χ1n) is 11.5. The third kappa shape index (κ3) is 5.25. The van der Waals surface area contributed by atoms with E-state index >= 15 is 0 Å². The van der Waals surface area contributed by atoms with Gasteiger partial charge in [-0.2, -0.15) is 0 Å². The van der Waals surface area contributed by atoms with Crippen LogP contribution in [0.15, 0.2) is 35.5 Å². The number of ether oxygens (including phenoxy) is 1. The molecule has 0 aromatic rings. The summed E-state index contributed by atoms with van der Waals surface area (Å²) in [5.74, 6) is 0.217. The Hall–Kier alpha value is -0.980. The van der Waals surface area contributed by atoms with Crippen LogP contribution in [0.5, 0.6) is 0 Å². The minimum atomic E-state index is -0.751. The number of fused-ring (bicyclic) bond motifs is 1. The minimum Gasteiger partial charge on any atom is -0.393 e. The van der Waals surface area contributed by atoms with E-state index in [0.717, 1.165) is 37.7 Å². The van der Waals surface area contributed by atoms with E-state index in [1.54, 1.807) is 13.8 Å². The van der Waals surface area contributed by atoms with Crippen LogP contribution < -0.4 is 0 Å². The molecule has 0 heterocycles. The molecule has 6 atom stereocenters. The summed E-state index contributed by atoms with van der Waals surface area (Å²) in [6.07, 6.45) is 8.85. The Morgan fingerprint density at radius 3 is 2.70 bits per heavy atom. The molecule has 1 unspecified atom stereocenters. The first-order chi connectivity index (χ1) is 14.0. The van der Waals surface area contributed by atoms with E-state index in [0.29, 0.717) is 31.4 Å². The molecule has 0 spiro atoms. The summed E-state index contributed by atoms with van der Waals surface area (Å²) in [6.45, 7) is 10.1. The maximum Gasteiger partial charge on any atom is 0.0811 e. The second kappa shape index (κ2) is 9.25. The van der Waals surface area contributed by atoms with Crippen LogP contribution in [0.1, 0.15) is 72.1 Å². The zero-order valence-corrected chi connectivity index (χ0v) is 18.8. The van der Waals surface area contributed by atoms with Gasteiger partial charge in [0.15, 0.2) is 0 Å². The highest BCUT2D eigenvalue weighted by molar-refractivity contribution is 5.38. The van der Waals surface area contributed by atoms with Crippen LogP contribution in [0.2, 0.25) is 0 Å². The van der Waals surface area contributed by atoms with Crippen molar-refractivity contribution in [1.29, 1.82) is 0 Å². The van der Waals surface area contributed by atoms with Crippen LogP contribution in [0, 0.1) is 11.8 Å². The smallest absolute Gasteiger partial charge is 0.0811 e. The molecule has 3 rings (SSSR count). The minimum absolute atomic E-state index is 0.0523. The Bertz CT molecular complexity index is 688. The van der Waals surface area contributed by atoms with Crippen molar-refractivity contribution < 1.29 is 25.2 Å². The Kier molecular flexibility index (Phi) is 7.30. The number of hydrogen-bond acceptors (Lipinski definition) is 5. The van der Waals surface area contributed by atoms with Crippen LogP contribution in [-0.4, -0.2) is 56.5 Å². The summed E-state index contributed by atoms with van der Waals surface area (Å²) in [4.78, 5) is 0. The molecule has 4 N–H and O–H groups in total. The molecule has 30 heavy (non-hydrogen) atoms. The molecule has 0 amide bonds. The van der Waals surface area contributed by atoms with Crippen molar-refractivity contribution in [1.82, 2.24) is 0 Å². The fourth-order valence-electron chi connectivity index (χ4n) is 5.64. The van der Waals surface area contributed by atoms with Crippen LogP contribution in [-0.2, 0) is 4.74 Å². The molecule has 0 saturated heterocycles. The molecule has 3 fully saturated rings. The summed E-state index contributed by atoms with van der Waals surface area (Å²) >= 11 is 0. The summed E-state index contributed by atoms with van der Waals surface area (Å²) in [5, 5.41) is 41.6. The predicted octanol–water partition coefficient (Wildman–Crippen LogP) is 3.42. The summed E-state index contributed by atoms with van der Waals surface area (Å²) in [6, 6.07) is 0. The zero-order chi connectivity index (χ0) is 22.1. The number of allylic oxidation sites excluding steroid dienone is 2. The van der Waals surface area contributed by atoms with E-state index in [4.69, 9.17) is 4.74 Å². The lowest BCUT2D eigenvalue weighted by Crippen LogP contribution is -2.47. The summed E-state index contributed by atoms with van der Waals surface area (Å²) in [7, 11) is 0. The highest BCUT2D eigenvalue weighted by Gasteiger charge is 2.53. The normalized spacial score (nSPS) is 38.8. The summed E-state index contributed by atoms with van der Waals surface area (Å²) in [5.41, 5.74) is 1.36. The number of aliphatic hydroxyl groups excluding tert-OH is 2. The van der Waals surface area contributed by atoms with Crippen molar-refractivity contribution in [3.63, 3.8) is 0 Å². The molecule has 3 aliphatic carbocycles. The third-order valence-electron chi connectivity index (χ3n) is 7.43. The van der Waals surface area contributed by atoms with Gasteiger partial charge in [0.25, 0.3) is 0 Å². The van der Waals surface area contributed by atoms with Crippen molar-refractivity contribution in [3.05, 3.63) is 35.5 Å².